The number of nitrogens with one attached hydrogen (secondary N) is 1. The molecule has 1 atom stereocenters. The number of carbonyl (C=O) groups excluding carboxylic acids is 2. The average Bonchev–Trinajstić information content (AvgIpc) is 2.86. The Morgan fingerprint density at radius 3 is 2.71 bits per heavy atom. The van der Waals surface area contributed by atoms with Crippen LogP contribution in [0.25, 0.3) is 0 Å². The van der Waals surface area contributed by atoms with Gasteiger partial charge in [0.05, 0.1) is 16.2 Å². The maximum Gasteiger partial charge on any atom is 0.243 e. The van der Waals surface area contributed by atoms with Crippen LogP contribution >= 0.6 is 0 Å². The summed E-state index contributed by atoms with van der Waals surface area (Å²) in [4.78, 5) is 26.5. The zero-order valence-electron chi connectivity index (χ0n) is 17.0. The van der Waals surface area contributed by atoms with Crippen molar-refractivity contribution in [1.29, 1.82) is 0 Å². The second kappa shape index (κ2) is 7.48. The van der Waals surface area contributed by atoms with Gasteiger partial charge >= 0.3 is 0 Å². The van der Waals surface area contributed by atoms with E-state index >= 15 is 0 Å². The van der Waals surface area contributed by atoms with Crippen molar-refractivity contribution < 1.29 is 18.0 Å². The minimum Gasteiger partial charge on any atom is -0.356 e. The molecule has 1 aromatic carbocycles. The van der Waals surface area contributed by atoms with Gasteiger partial charge in [0.2, 0.25) is 21.8 Å². The molecule has 28 heavy (non-hydrogen) atoms. The van der Waals surface area contributed by atoms with Gasteiger partial charge in [0.15, 0.2) is 0 Å². The first-order valence-corrected chi connectivity index (χ1v) is 11.2. The van der Waals surface area contributed by atoms with Gasteiger partial charge in [-0.1, -0.05) is 6.92 Å². The third kappa shape index (κ3) is 3.43. The van der Waals surface area contributed by atoms with Crippen molar-refractivity contribution in [1.82, 2.24) is 9.62 Å². The number of sulfonamides is 1. The van der Waals surface area contributed by atoms with Crippen molar-refractivity contribution in [2.45, 2.75) is 50.3 Å². The molecule has 1 aromatic rings. The van der Waals surface area contributed by atoms with Gasteiger partial charge in [-0.15, -0.1) is 0 Å². The Bertz CT molecular complexity index is 895. The molecule has 0 aromatic heterocycles. The van der Waals surface area contributed by atoms with E-state index in [9.17, 15) is 18.0 Å². The van der Waals surface area contributed by atoms with E-state index in [0.717, 1.165) is 17.7 Å². The molecule has 8 heteroatoms. The second-order valence-corrected chi connectivity index (χ2v) is 10.1. The number of hydrogen-bond donors (Lipinski definition) is 1. The maximum absolute atomic E-state index is 13.2. The lowest BCUT2D eigenvalue weighted by Crippen LogP contribution is -2.45. The molecule has 7 nitrogen and oxygen atoms in total. The summed E-state index contributed by atoms with van der Waals surface area (Å²) < 4.78 is 27.9. The van der Waals surface area contributed by atoms with Crippen LogP contribution in [0.1, 0.15) is 45.6 Å². The van der Waals surface area contributed by atoms with Crippen LogP contribution in [0.5, 0.6) is 0 Å². The molecule has 1 fully saturated rings. The molecule has 2 amide bonds. The number of nitrogens with zero attached hydrogens (tertiary/aromatic N) is 2. The van der Waals surface area contributed by atoms with E-state index in [1.54, 1.807) is 30.1 Å². The van der Waals surface area contributed by atoms with Crippen LogP contribution in [0.15, 0.2) is 23.1 Å². The summed E-state index contributed by atoms with van der Waals surface area (Å²) in [6.07, 6.45) is 2.19. The molecular formula is C20H29N3O4S. The van der Waals surface area contributed by atoms with Crippen molar-refractivity contribution >= 4 is 27.5 Å². The first kappa shape index (κ1) is 20.8. The van der Waals surface area contributed by atoms with E-state index in [2.05, 4.69) is 5.32 Å². The number of anilines is 1. The summed E-state index contributed by atoms with van der Waals surface area (Å²) in [6.45, 7) is 6.79. The Hall–Kier alpha value is -1.93. The molecule has 0 aliphatic carbocycles. The number of rotatable bonds is 5. The fraction of sp³-hybridized carbons (Fsp3) is 0.600. The smallest absolute Gasteiger partial charge is 0.243 e. The van der Waals surface area contributed by atoms with Crippen molar-refractivity contribution in [3.63, 3.8) is 0 Å². The molecule has 0 bridgehead atoms. The predicted molar refractivity (Wildman–Crippen MR) is 108 cm³/mol. The molecule has 3 rings (SSSR count). The number of carbonyl (C=O) groups is 2. The van der Waals surface area contributed by atoms with Crippen molar-refractivity contribution in [3.05, 3.63) is 23.8 Å². The number of hydrogen-bond acceptors (Lipinski definition) is 4. The highest BCUT2D eigenvalue weighted by Crippen LogP contribution is 2.42. The number of amides is 2. The van der Waals surface area contributed by atoms with Crippen LogP contribution in [0.4, 0.5) is 5.69 Å². The van der Waals surface area contributed by atoms with E-state index in [-0.39, 0.29) is 29.2 Å². The Labute approximate surface area is 167 Å². The van der Waals surface area contributed by atoms with Crippen LogP contribution in [0, 0.1) is 5.92 Å². The Morgan fingerprint density at radius 1 is 1.32 bits per heavy atom. The monoisotopic (exact) mass is 407 g/mol. The van der Waals surface area contributed by atoms with E-state index in [0.29, 0.717) is 25.9 Å². The van der Waals surface area contributed by atoms with Crippen molar-refractivity contribution in [2.75, 3.05) is 31.6 Å². The van der Waals surface area contributed by atoms with Gasteiger partial charge in [-0.3, -0.25) is 9.59 Å². The van der Waals surface area contributed by atoms with Gasteiger partial charge < -0.3 is 10.2 Å². The van der Waals surface area contributed by atoms with Crippen LogP contribution < -0.4 is 10.2 Å². The standard InChI is InChI=1S/C20H29N3O4S/c1-5-10-21-18(24)14-7-6-11-23(13-14)28(26,27)15-8-9-17-16(12-15)20(2,3)19(25)22(17)4/h8-9,12,14H,5-7,10-11,13H2,1-4H3,(H,21,24)/t14-/m1/s1. The van der Waals surface area contributed by atoms with Crippen LogP contribution in [-0.4, -0.2) is 51.2 Å². The van der Waals surface area contributed by atoms with Crippen LogP contribution in [-0.2, 0) is 25.0 Å². The summed E-state index contributed by atoms with van der Waals surface area (Å²) in [5.74, 6) is -0.458. The molecule has 2 aliphatic rings. The number of fused-ring (bicyclic) bond motifs is 1. The number of benzene rings is 1. The van der Waals surface area contributed by atoms with Crippen LogP contribution in [0.3, 0.4) is 0 Å². The van der Waals surface area contributed by atoms with Gasteiger partial charge in [0.25, 0.3) is 0 Å². The molecule has 1 saturated heterocycles. The highest BCUT2D eigenvalue weighted by atomic mass is 32.2. The van der Waals surface area contributed by atoms with Gasteiger partial charge in [0.1, 0.15) is 0 Å². The fourth-order valence-corrected chi connectivity index (χ4v) is 5.58. The fourth-order valence-electron chi connectivity index (χ4n) is 4.03. The Morgan fingerprint density at radius 2 is 2.04 bits per heavy atom. The third-order valence-electron chi connectivity index (χ3n) is 5.78. The molecule has 1 N–H and O–H groups in total. The van der Waals surface area contributed by atoms with Crippen molar-refractivity contribution in [2.24, 2.45) is 5.92 Å². The molecule has 154 valence electrons. The second-order valence-electron chi connectivity index (χ2n) is 8.16. The summed E-state index contributed by atoms with van der Waals surface area (Å²) in [7, 11) is -2.03. The number of likely N-dealkylation sites (N-methyl/N-ethyl adjacent to an activating group) is 1. The highest BCUT2D eigenvalue weighted by Gasteiger charge is 2.43. The van der Waals surface area contributed by atoms with Gasteiger partial charge in [-0.25, -0.2) is 8.42 Å². The number of piperidine rings is 1. The minimum atomic E-state index is -3.73. The Kier molecular flexibility index (Phi) is 5.55. The minimum absolute atomic E-state index is 0.0531. The molecule has 0 unspecified atom stereocenters. The van der Waals surface area contributed by atoms with E-state index in [1.807, 2.05) is 20.8 Å². The SMILES string of the molecule is CCCNC(=O)[C@@H]1CCCN(S(=O)(=O)c2ccc3c(c2)C(C)(C)C(=O)N3C)C1. The molecule has 0 spiro atoms. The summed E-state index contributed by atoms with van der Waals surface area (Å²) in [5.41, 5.74) is 0.694. The molecule has 0 radical (unpaired) electrons. The molecule has 2 aliphatic heterocycles. The quantitative estimate of drug-likeness (QED) is 0.807. The van der Waals surface area contributed by atoms with E-state index in [4.69, 9.17) is 0 Å². The highest BCUT2D eigenvalue weighted by molar-refractivity contribution is 7.89. The Balaban J connectivity index is 1.87. The van der Waals surface area contributed by atoms with Crippen LogP contribution in [0.2, 0.25) is 0 Å². The first-order valence-electron chi connectivity index (χ1n) is 9.81. The third-order valence-corrected chi connectivity index (χ3v) is 7.65. The molecular weight excluding hydrogens is 378 g/mol. The first-order chi connectivity index (χ1) is 13.1. The lowest BCUT2D eigenvalue weighted by Gasteiger charge is -2.31. The van der Waals surface area contributed by atoms with Crippen molar-refractivity contribution in [3.8, 4) is 0 Å². The zero-order valence-corrected chi connectivity index (χ0v) is 17.8. The largest absolute Gasteiger partial charge is 0.356 e. The lowest BCUT2D eigenvalue weighted by molar-refractivity contribution is -0.126. The van der Waals surface area contributed by atoms with E-state index in [1.165, 1.54) is 4.31 Å². The average molecular weight is 408 g/mol. The predicted octanol–water partition coefficient (Wildman–Crippen LogP) is 1.87. The summed E-state index contributed by atoms with van der Waals surface area (Å²) >= 11 is 0. The summed E-state index contributed by atoms with van der Waals surface area (Å²) in [5, 5.41) is 2.86. The summed E-state index contributed by atoms with van der Waals surface area (Å²) in [6, 6.07) is 4.87. The lowest BCUT2D eigenvalue weighted by atomic mass is 9.86. The van der Waals surface area contributed by atoms with E-state index < -0.39 is 15.4 Å². The normalized spacial score (nSPS) is 22.2. The molecule has 0 saturated carbocycles. The van der Waals surface area contributed by atoms with Gasteiger partial charge in [-0.2, -0.15) is 4.31 Å². The molecule has 2 heterocycles. The zero-order chi connectivity index (χ0) is 20.7. The topological polar surface area (TPSA) is 86.8 Å². The van der Waals surface area contributed by atoms with Gasteiger partial charge in [0, 0.05) is 32.4 Å². The van der Waals surface area contributed by atoms with Gasteiger partial charge in [-0.05, 0) is 56.9 Å². The maximum atomic E-state index is 13.2.